The van der Waals surface area contributed by atoms with Gasteiger partial charge in [-0.1, -0.05) is 140 Å². The molecule has 2 heterocycles. The molecule has 0 amide bonds. The van der Waals surface area contributed by atoms with Gasteiger partial charge in [0.1, 0.15) is 0 Å². The molecule has 0 fully saturated rings. The van der Waals surface area contributed by atoms with Crippen LogP contribution < -0.4 is 0 Å². The third-order valence-corrected chi connectivity index (χ3v) is 11.2. The summed E-state index contributed by atoms with van der Waals surface area (Å²) in [5, 5.41) is 7.23. The molecule has 10 rings (SSSR count). The third-order valence-electron chi connectivity index (χ3n) is 9.96. The summed E-state index contributed by atoms with van der Waals surface area (Å²) >= 11 is 1.86. The number of hydrogen-bond acceptors (Lipinski definition) is 3. The Balaban J connectivity index is 1.18. The smallest absolute Gasteiger partial charge is 0.0979 e. The van der Waals surface area contributed by atoms with Gasteiger partial charge < -0.3 is 0 Å². The molecule has 2 nitrogen and oxygen atoms in total. The zero-order valence-electron chi connectivity index (χ0n) is 27.2. The normalized spacial score (nSPS) is 13.1. The summed E-state index contributed by atoms with van der Waals surface area (Å²) in [6.45, 7) is 0. The first kappa shape index (κ1) is 28.8. The van der Waals surface area contributed by atoms with Gasteiger partial charge in [-0.25, -0.2) is 4.98 Å². The predicted octanol–water partition coefficient (Wildman–Crippen LogP) is 13.2. The summed E-state index contributed by atoms with van der Waals surface area (Å²) < 4.78 is 2.62. The van der Waals surface area contributed by atoms with E-state index in [2.05, 4.69) is 164 Å². The van der Waals surface area contributed by atoms with Gasteiger partial charge >= 0.3 is 0 Å². The Morgan fingerprint density at radius 3 is 2.14 bits per heavy atom. The van der Waals surface area contributed by atoms with Gasteiger partial charge in [0.25, 0.3) is 0 Å². The molecule has 234 valence electrons. The van der Waals surface area contributed by atoms with Crippen molar-refractivity contribution < 1.29 is 0 Å². The van der Waals surface area contributed by atoms with Gasteiger partial charge in [0.05, 0.1) is 22.9 Å². The maximum Gasteiger partial charge on any atom is 0.0979 e. The first-order valence-corrected chi connectivity index (χ1v) is 17.9. The molecule has 0 N–H and O–H groups in total. The van der Waals surface area contributed by atoms with Gasteiger partial charge in [-0.2, -0.15) is 0 Å². The average molecular weight is 655 g/mol. The Bertz CT molecular complexity index is 2890. The first-order valence-electron chi connectivity index (χ1n) is 17.0. The minimum atomic E-state index is 0.867. The van der Waals surface area contributed by atoms with E-state index in [1.807, 2.05) is 17.5 Å². The number of fused-ring (bicyclic) bond motifs is 9. The fraction of sp³-hybridized carbons (Fsp3) is 0.0213. The van der Waals surface area contributed by atoms with Crippen LogP contribution in [0.5, 0.6) is 0 Å². The van der Waals surface area contributed by atoms with Crippen LogP contribution in [0, 0.1) is 0 Å². The summed E-state index contributed by atoms with van der Waals surface area (Å²) in [6, 6.07) is 48.3. The number of nitrogens with zero attached hydrogens (tertiary/aromatic N) is 2. The molecule has 0 saturated carbocycles. The lowest BCUT2D eigenvalue weighted by atomic mass is 9.93. The number of benzene rings is 7. The molecule has 0 unspecified atom stereocenters. The fourth-order valence-electron chi connectivity index (χ4n) is 7.49. The van der Waals surface area contributed by atoms with Gasteiger partial charge in [-0.3, -0.25) is 4.98 Å². The zero-order chi connectivity index (χ0) is 33.0. The Hall–Kier alpha value is -6.16. The van der Waals surface area contributed by atoms with Crippen LogP contribution in [0.1, 0.15) is 12.0 Å². The highest BCUT2D eigenvalue weighted by molar-refractivity contribution is 7.26. The Morgan fingerprint density at radius 2 is 1.22 bits per heavy atom. The van der Waals surface area contributed by atoms with Crippen molar-refractivity contribution >= 4 is 69.7 Å². The molecule has 0 atom stereocenters. The van der Waals surface area contributed by atoms with E-state index in [1.165, 1.54) is 64.3 Å². The molecule has 0 aliphatic heterocycles. The van der Waals surface area contributed by atoms with Crippen molar-refractivity contribution in [3.8, 4) is 33.5 Å². The molecule has 9 aromatic rings. The Labute approximate surface area is 294 Å². The van der Waals surface area contributed by atoms with Gasteiger partial charge in [-0.15, -0.1) is 11.3 Å². The van der Waals surface area contributed by atoms with E-state index < -0.39 is 0 Å². The maximum absolute atomic E-state index is 5.45. The van der Waals surface area contributed by atoms with Crippen LogP contribution in [0.4, 0.5) is 0 Å². The van der Waals surface area contributed by atoms with Crippen molar-refractivity contribution in [1.29, 1.82) is 0 Å². The van der Waals surface area contributed by atoms with E-state index in [0.29, 0.717) is 0 Å². The largest absolute Gasteiger partial charge is 0.252 e. The quantitative estimate of drug-likeness (QED) is 0.177. The summed E-state index contributed by atoms with van der Waals surface area (Å²) in [5.74, 6) is 0. The van der Waals surface area contributed by atoms with Crippen LogP contribution in [-0.4, -0.2) is 9.97 Å². The molecule has 50 heavy (non-hydrogen) atoms. The minimum absolute atomic E-state index is 0.867. The molecule has 0 bridgehead atoms. The number of allylic oxidation sites excluding steroid dienone is 6. The van der Waals surface area contributed by atoms with Crippen LogP contribution in [0.2, 0.25) is 0 Å². The molecular formula is C47H30N2S. The summed E-state index contributed by atoms with van der Waals surface area (Å²) in [7, 11) is 0. The molecule has 7 aromatic carbocycles. The second kappa shape index (κ2) is 11.8. The topological polar surface area (TPSA) is 25.8 Å². The molecule has 0 spiro atoms. The van der Waals surface area contributed by atoms with Crippen molar-refractivity contribution in [2.45, 2.75) is 6.42 Å². The van der Waals surface area contributed by atoms with Crippen molar-refractivity contribution in [2.75, 3.05) is 0 Å². The van der Waals surface area contributed by atoms with Gasteiger partial charge in [-0.05, 0) is 74.8 Å². The number of aromatic nitrogens is 2. The second-order valence-corrected chi connectivity index (χ2v) is 14.0. The van der Waals surface area contributed by atoms with Crippen LogP contribution in [0.15, 0.2) is 170 Å². The third kappa shape index (κ3) is 4.78. The SMILES string of the molecule is C1=CC=C(c2ccc3c4ccc(-c5ccccc5)cc4c4nc(-c5cccc(-c6cccc7c6sc6ccccc67)c5)cnc4c3c2)CC=C1. The highest BCUT2D eigenvalue weighted by Crippen LogP contribution is 2.41. The molecule has 1 aliphatic rings. The lowest BCUT2D eigenvalue weighted by molar-refractivity contribution is 1.31. The lowest BCUT2D eigenvalue weighted by Gasteiger charge is -2.14. The zero-order valence-corrected chi connectivity index (χ0v) is 28.0. The van der Waals surface area contributed by atoms with E-state index >= 15 is 0 Å². The maximum atomic E-state index is 5.45. The van der Waals surface area contributed by atoms with Gasteiger partial charge in [0.15, 0.2) is 0 Å². The standard InChI is InChI=1S/C47H30N2S/c1-2-5-13-30(12-4-1)32-22-24-37-38-25-23-33(31-14-6-3-7-15-31)28-42(38)46-45(41(37)27-32)48-29-43(49-46)35-17-10-16-34(26-35)36-19-11-20-40-39-18-8-9-21-44(39)50-47(36)40/h1-12,14-29H,13H2. The van der Waals surface area contributed by atoms with Gasteiger partial charge in [0.2, 0.25) is 0 Å². The molecule has 0 radical (unpaired) electrons. The van der Waals surface area contributed by atoms with Crippen LogP contribution in [0.3, 0.4) is 0 Å². The van der Waals surface area contributed by atoms with Gasteiger partial charge in [0, 0.05) is 36.5 Å². The summed E-state index contributed by atoms with van der Waals surface area (Å²) in [6.07, 6.45) is 13.6. The fourth-order valence-corrected chi connectivity index (χ4v) is 8.72. The van der Waals surface area contributed by atoms with Crippen molar-refractivity contribution in [3.05, 3.63) is 176 Å². The molecular weight excluding hydrogens is 625 g/mol. The second-order valence-electron chi connectivity index (χ2n) is 12.9. The van der Waals surface area contributed by atoms with Crippen molar-refractivity contribution in [1.82, 2.24) is 9.97 Å². The molecule has 2 aromatic heterocycles. The monoisotopic (exact) mass is 654 g/mol. The van der Waals surface area contributed by atoms with Crippen LogP contribution in [-0.2, 0) is 0 Å². The van der Waals surface area contributed by atoms with E-state index in [4.69, 9.17) is 9.97 Å². The number of hydrogen-bond donors (Lipinski definition) is 0. The highest BCUT2D eigenvalue weighted by atomic mass is 32.1. The van der Waals surface area contributed by atoms with E-state index in [0.717, 1.165) is 39.5 Å². The molecule has 1 aliphatic carbocycles. The first-order chi connectivity index (χ1) is 24.8. The van der Waals surface area contributed by atoms with Crippen molar-refractivity contribution in [3.63, 3.8) is 0 Å². The van der Waals surface area contributed by atoms with E-state index in [1.54, 1.807) is 0 Å². The summed E-state index contributed by atoms with van der Waals surface area (Å²) in [4.78, 5) is 10.7. The average Bonchev–Trinajstić information content (AvgIpc) is 3.35. The van der Waals surface area contributed by atoms with Crippen molar-refractivity contribution in [2.24, 2.45) is 0 Å². The van der Waals surface area contributed by atoms with Crippen LogP contribution >= 0.6 is 11.3 Å². The minimum Gasteiger partial charge on any atom is -0.252 e. The highest BCUT2D eigenvalue weighted by Gasteiger charge is 2.16. The Morgan fingerprint density at radius 1 is 0.480 bits per heavy atom. The summed E-state index contributed by atoms with van der Waals surface area (Å²) in [5.41, 5.74) is 11.1. The van der Waals surface area contributed by atoms with E-state index in [9.17, 15) is 0 Å². The number of rotatable bonds is 4. The van der Waals surface area contributed by atoms with E-state index in [-0.39, 0.29) is 0 Å². The molecule has 0 saturated heterocycles. The Kier molecular flexibility index (Phi) is 6.78. The lowest BCUT2D eigenvalue weighted by Crippen LogP contribution is -1.94. The molecule has 3 heteroatoms. The van der Waals surface area contributed by atoms with Crippen LogP contribution in [0.25, 0.3) is 91.8 Å². The number of thiophene rings is 1. The predicted molar refractivity (Wildman–Crippen MR) is 215 cm³/mol.